The van der Waals surface area contributed by atoms with Gasteiger partial charge in [-0.2, -0.15) is 5.10 Å². The molecule has 1 atom stereocenters. The van der Waals surface area contributed by atoms with Crippen molar-refractivity contribution in [1.29, 1.82) is 0 Å². The van der Waals surface area contributed by atoms with Crippen molar-refractivity contribution in [3.63, 3.8) is 0 Å². The number of carbonyl (C=O) groups excluding carboxylic acids is 2. The zero-order chi connectivity index (χ0) is 18.0. The third kappa shape index (κ3) is 4.07. The standard InChI is InChI=1S/C19H29N5O2/c25-17(3-1-10-24-15-20-14-21-24)22-9-2-7-19(12-22)8-6-18(26)23(13-19)11-16-4-5-16/h14-16H,1-13H2/t19-/m1/s1. The van der Waals surface area contributed by atoms with Crippen LogP contribution in [0.25, 0.3) is 0 Å². The van der Waals surface area contributed by atoms with Gasteiger partial charge in [-0.25, -0.2) is 4.98 Å². The van der Waals surface area contributed by atoms with E-state index in [9.17, 15) is 9.59 Å². The van der Waals surface area contributed by atoms with Crippen LogP contribution in [0.3, 0.4) is 0 Å². The fraction of sp³-hybridized carbons (Fsp3) is 0.789. The quantitative estimate of drug-likeness (QED) is 0.775. The van der Waals surface area contributed by atoms with Gasteiger partial charge in [0.25, 0.3) is 0 Å². The van der Waals surface area contributed by atoms with Gasteiger partial charge in [-0.3, -0.25) is 14.3 Å². The summed E-state index contributed by atoms with van der Waals surface area (Å²) in [6, 6.07) is 0. The second-order valence-electron chi connectivity index (χ2n) is 8.40. The highest BCUT2D eigenvalue weighted by Crippen LogP contribution is 2.40. The van der Waals surface area contributed by atoms with Crippen LogP contribution in [0.4, 0.5) is 0 Å². The van der Waals surface area contributed by atoms with Crippen LogP contribution in [-0.2, 0) is 16.1 Å². The molecule has 0 aromatic carbocycles. The lowest BCUT2D eigenvalue weighted by Gasteiger charge is -2.48. The fourth-order valence-corrected chi connectivity index (χ4v) is 4.53. The summed E-state index contributed by atoms with van der Waals surface area (Å²) in [5.74, 6) is 1.29. The normalized spacial score (nSPS) is 26.5. The fourth-order valence-electron chi connectivity index (χ4n) is 4.53. The van der Waals surface area contributed by atoms with Crippen molar-refractivity contribution in [1.82, 2.24) is 24.6 Å². The molecular weight excluding hydrogens is 330 g/mol. The molecule has 2 saturated heterocycles. The van der Waals surface area contributed by atoms with Crippen LogP contribution in [0.2, 0.25) is 0 Å². The van der Waals surface area contributed by atoms with Crippen LogP contribution < -0.4 is 0 Å². The maximum absolute atomic E-state index is 12.7. The molecule has 3 fully saturated rings. The zero-order valence-electron chi connectivity index (χ0n) is 15.5. The molecule has 3 heterocycles. The van der Waals surface area contributed by atoms with Crippen molar-refractivity contribution in [2.24, 2.45) is 11.3 Å². The predicted molar refractivity (Wildman–Crippen MR) is 96.0 cm³/mol. The summed E-state index contributed by atoms with van der Waals surface area (Å²) in [5, 5.41) is 4.08. The van der Waals surface area contributed by atoms with Gasteiger partial charge in [0.2, 0.25) is 11.8 Å². The van der Waals surface area contributed by atoms with Gasteiger partial charge in [-0.1, -0.05) is 0 Å². The first-order valence-corrected chi connectivity index (χ1v) is 10.0. The molecular formula is C19H29N5O2. The smallest absolute Gasteiger partial charge is 0.222 e. The molecule has 7 nitrogen and oxygen atoms in total. The van der Waals surface area contributed by atoms with E-state index in [2.05, 4.69) is 19.9 Å². The van der Waals surface area contributed by atoms with E-state index in [4.69, 9.17) is 0 Å². The molecule has 1 aromatic heterocycles. The third-order valence-corrected chi connectivity index (χ3v) is 6.18. The number of hydrogen-bond acceptors (Lipinski definition) is 4. The molecule has 0 N–H and O–H groups in total. The number of rotatable bonds is 6. The average molecular weight is 359 g/mol. The first-order chi connectivity index (χ1) is 12.6. The highest BCUT2D eigenvalue weighted by Gasteiger charge is 2.43. The number of likely N-dealkylation sites (tertiary alicyclic amines) is 2. The molecule has 3 aliphatic rings. The molecule has 1 aliphatic carbocycles. The number of aryl methyl sites for hydroxylation is 1. The average Bonchev–Trinajstić information content (AvgIpc) is 3.30. The summed E-state index contributed by atoms with van der Waals surface area (Å²) < 4.78 is 1.77. The summed E-state index contributed by atoms with van der Waals surface area (Å²) in [6.45, 7) is 4.20. The highest BCUT2D eigenvalue weighted by atomic mass is 16.2. The Morgan fingerprint density at radius 1 is 1.27 bits per heavy atom. The lowest BCUT2D eigenvalue weighted by molar-refractivity contribution is -0.143. The van der Waals surface area contributed by atoms with Crippen LogP contribution in [0.5, 0.6) is 0 Å². The maximum atomic E-state index is 12.7. The third-order valence-electron chi connectivity index (χ3n) is 6.18. The maximum Gasteiger partial charge on any atom is 0.222 e. The topological polar surface area (TPSA) is 71.3 Å². The number of nitrogens with zero attached hydrogens (tertiary/aromatic N) is 5. The Morgan fingerprint density at radius 3 is 2.92 bits per heavy atom. The summed E-state index contributed by atoms with van der Waals surface area (Å²) in [6.07, 6.45) is 10.9. The molecule has 7 heteroatoms. The molecule has 4 rings (SSSR count). The first-order valence-electron chi connectivity index (χ1n) is 10.0. The van der Waals surface area contributed by atoms with Gasteiger partial charge in [0.05, 0.1) is 0 Å². The van der Waals surface area contributed by atoms with E-state index >= 15 is 0 Å². The minimum absolute atomic E-state index is 0.128. The van der Waals surface area contributed by atoms with E-state index in [0.717, 1.165) is 64.3 Å². The first kappa shape index (κ1) is 17.5. The molecule has 0 radical (unpaired) electrons. The predicted octanol–water partition coefficient (Wildman–Crippen LogP) is 1.70. The number of aromatic nitrogens is 3. The summed E-state index contributed by atoms with van der Waals surface area (Å²) in [7, 11) is 0. The van der Waals surface area contributed by atoms with Crippen molar-refractivity contribution < 1.29 is 9.59 Å². The zero-order valence-corrected chi connectivity index (χ0v) is 15.5. The lowest BCUT2D eigenvalue weighted by atomic mass is 9.73. The number of amides is 2. The van der Waals surface area contributed by atoms with Crippen molar-refractivity contribution in [3.05, 3.63) is 12.7 Å². The van der Waals surface area contributed by atoms with E-state index in [1.807, 2.05) is 0 Å². The second kappa shape index (κ2) is 7.37. The van der Waals surface area contributed by atoms with E-state index in [1.165, 1.54) is 19.2 Å². The van der Waals surface area contributed by atoms with Crippen molar-refractivity contribution in [2.75, 3.05) is 26.2 Å². The Bertz CT molecular complexity index is 642. The Kier molecular flexibility index (Phi) is 4.96. The van der Waals surface area contributed by atoms with E-state index < -0.39 is 0 Å². The molecule has 0 unspecified atom stereocenters. The van der Waals surface area contributed by atoms with E-state index in [1.54, 1.807) is 11.0 Å². The Labute approximate surface area is 154 Å². The molecule has 26 heavy (non-hydrogen) atoms. The molecule has 1 saturated carbocycles. The van der Waals surface area contributed by atoms with Gasteiger partial charge in [0.15, 0.2) is 0 Å². The molecule has 2 amide bonds. The van der Waals surface area contributed by atoms with E-state index in [-0.39, 0.29) is 11.3 Å². The Balaban J connectivity index is 1.31. The van der Waals surface area contributed by atoms with E-state index in [0.29, 0.717) is 18.7 Å². The second-order valence-corrected chi connectivity index (χ2v) is 8.40. The summed E-state index contributed by atoms with van der Waals surface area (Å²) >= 11 is 0. The van der Waals surface area contributed by atoms with Crippen LogP contribution >= 0.6 is 0 Å². The number of carbonyl (C=O) groups is 2. The molecule has 1 spiro atoms. The Morgan fingerprint density at radius 2 is 2.15 bits per heavy atom. The Hall–Kier alpha value is -1.92. The summed E-state index contributed by atoms with van der Waals surface area (Å²) in [4.78, 5) is 33.0. The van der Waals surface area contributed by atoms with Crippen LogP contribution in [0.15, 0.2) is 12.7 Å². The van der Waals surface area contributed by atoms with Crippen molar-refractivity contribution >= 4 is 11.8 Å². The SMILES string of the molecule is O=C(CCCn1cncn1)N1CCC[C@@]2(CCC(=O)N(CC3CC3)C2)C1. The van der Waals surface area contributed by atoms with Crippen molar-refractivity contribution in [3.8, 4) is 0 Å². The van der Waals surface area contributed by atoms with Crippen LogP contribution in [0.1, 0.15) is 51.4 Å². The molecule has 0 bridgehead atoms. The largest absolute Gasteiger partial charge is 0.342 e. The molecule has 1 aromatic rings. The minimum atomic E-state index is 0.128. The van der Waals surface area contributed by atoms with Gasteiger partial charge in [0.1, 0.15) is 12.7 Å². The van der Waals surface area contributed by atoms with Crippen molar-refractivity contribution in [2.45, 2.75) is 57.9 Å². The van der Waals surface area contributed by atoms with Gasteiger partial charge < -0.3 is 9.80 Å². The molecule has 142 valence electrons. The number of piperidine rings is 2. The highest BCUT2D eigenvalue weighted by molar-refractivity contribution is 5.78. The monoisotopic (exact) mass is 359 g/mol. The number of hydrogen-bond donors (Lipinski definition) is 0. The van der Waals surface area contributed by atoms with Gasteiger partial charge in [0, 0.05) is 51.0 Å². The van der Waals surface area contributed by atoms with Gasteiger partial charge in [-0.15, -0.1) is 0 Å². The van der Waals surface area contributed by atoms with Gasteiger partial charge >= 0.3 is 0 Å². The van der Waals surface area contributed by atoms with Crippen LogP contribution in [0, 0.1) is 11.3 Å². The summed E-state index contributed by atoms with van der Waals surface area (Å²) in [5.41, 5.74) is 0.128. The lowest BCUT2D eigenvalue weighted by Crippen LogP contribution is -2.55. The minimum Gasteiger partial charge on any atom is -0.342 e. The van der Waals surface area contributed by atoms with Gasteiger partial charge in [-0.05, 0) is 44.4 Å². The van der Waals surface area contributed by atoms with Crippen LogP contribution in [-0.4, -0.2) is 62.6 Å². The molecule has 2 aliphatic heterocycles.